The molecule has 0 fully saturated rings. The largest absolute Gasteiger partial charge is 0.324 e. The van der Waals surface area contributed by atoms with Crippen molar-refractivity contribution in [2.75, 3.05) is 12.5 Å². The first-order valence-corrected chi connectivity index (χ1v) is 6.41. The number of nitro groups is 1. The van der Waals surface area contributed by atoms with E-state index < -0.39 is 4.92 Å². The van der Waals surface area contributed by atoms with E-state index in [0.29, 0.717) is 12.2 Å². The van der Waals surface area contributed by atoms with Gasteiger partial charge in [0.2, 0.25) is 0 Å². The molecule has 0 spiro atoms. The quantitative estimate of drug-likeness (QED) is 0.478. The van der Waals surface area contributed by atoms with Gasteiger partial charge in [-0.25, -0.2) is 0 Å². The normalized spacial score (nSPS) is 10.6. The number of aromatic nitrogens is 1. The van der Waals surface area contributed by atoms with E-state index in [1.54, 1.807) is 18.5 Å². The van der Waals surface area contributed by atoms with Crippen LogP contribution in [0.5, 0.6) is 0 Å². The van der Waals surface area contributed by atoms with Gasteiger partial charge in [0.1, 0.15) is 0 Å². The van der Waals surface area contributed by atoms with Gasteiger partial charge in [-0.2, -0.15) is 0 Å². The summed E-state index contributed by atoms with van der Waals surface area (Å²) in [5.41, 5.74) is 5.22. The van der Waals surface area contributed by atoms with Crippen LogP contribution in [0.4, 0.5) is 11.4 Å². The van der Waals surface area contributed by atoms with Crippen molar-refractivity contribution in [3.05, 3.63) is 64.0 Å². The van der Waals surface area contributed by atoms with Crippen LogP contribution < -0.4 is 11.3 Å². The molecule has 21 heavy (non-hydrogen) atoms. The smallest absolute Gasteiger partial charge is 0.269 e. The average Bonchev–Trinajstić information content (AvgIpc) is 2.48. The first kappa shape index (κ1) is 14.9. The summed E-state index contributed by atoms with van der Waals surface area (Å²) in [6.07, 6.45) is 3.48. The van der Waals surface area contributed by atoms with Gasteiger partial charge in [0.25, 0.3) is 5.69 Å². The molecule has 0 saturated carbocycles. The van der Waals surface area contributed by atoms with E-state index in [1.165, 1.54) is 12.1 Å². The lowest BCUT2D eigenvalue weighted by molar-refractivity contribution is -0.384. The van der Waals surface area contributed by atoms with Crippen LogP contribution in [0.15, 0.2) is 42.7 Å². The fourth-order valence-corrected chi connectivity index (χ4v) is 2.11. The summed E-state index contributed by atoms with van der Waals surface area (Å²) in [4.78, 5) is 16.5. The molecule has 1 heterocycles. The molecular formula is C14H17N5O2. The summed E-state index contributed by atoms with van der Waals surface area (Å²) in [7, 11) is 1.94. The number of nitro benzene ring substituents is 1. The van der Waals surface area contributed by atoms with Gasteiger partial charge in [0.15, 0.2) is 0 Å². The van der Waals surface area contributed by atoms with Crippen LogP contribution in [0.2, 0.25) is 0 Å². The van der Waals surface area contributed by atoms with Crippen molar-refractivity contribution in [1.82, 2.24) is 9.88 Å². The van der Waals surface area contributed by atoms with Gasteiger partial charge in [-0.1, -0.05) is 0 Å². The van der Waals surface area contributed by atoms with Crippen LogP contribution in [-0.4, -0.2) is 21.9 Å². The molecule has 0 bridgehead atoms. The van der Waals surface area contributed by atoms with E-state index >= 15 is 0 Å². The molecule has 0 aliphatic rings. The predicted octanol–water partition coefficient (Wildman–Crippen LogP) is 1.91. The third-order valence-electron chi connectivity index (χ3n) is 3.10. The highest BCUT2D eigenvalue weighted by molar-refractivity contribution is 5.55. The molecule has 2 aromatic rings. The Bertz CT molecular complexity index is 618. The van der Waals surface area contributed by atoms with Gasteiger partial charge in [-0.3, -0.25) is 25.8 Å². The lowest BCUT2D eigenvalue weighted by Gasteiger charge is -2.18. The Labute approximate surface area is 122 Å². The van der Waals surface area contributed by atoms with E-state index in [9.17, 15) is 10.1 Å². The first-order chi connectivity index (χ1) is 10.1. The van der Waals surface area contributed by atoms with Crippen LogP contribution in [0, 0.1) is 10.1 Å². The van der Waals surface area contributed by atoms with Crippen molar-refractivity contribution in [3.8, 4) is 0 Å². The number of nitrogen functional groups attached to an aromatic ring is 1. The highest BCUT2D eigenvalue weighted by atomic mass is 16.6. The Morgan fingerprint density at radius 1 is 1.29 bits per heavy atom. The second kappa shape index (κ2) is 6.78. The van der Waals surface area contributed by atoms with Crippen molar-refractivity contribution in [1.29, 1.82) is 0 Å². The van der Waals surface area contributed by atoms with Crippen LogP contribution in [0.25, 0.3) is 0 Å². The molecule has 0 unspecified atom stereocenters. The monoisotopic (exact) mass is 287 g/mol. The minimum absolute atomic E-state index is 0.0568. The Morgan fingerprint density at radius 3 is 2.62 bits per heavy atom. The molecule has 0 amide bonds. The number of benzene rings is 1. The van der Waals surface area contributed by atoms with Crippen molar-refractivity contribution < 1.29 is 4.92 Å². The van der Waals surface area contributed by atoms with E-state index in [-0.39, 0.29) is 5.69 Å². The number of pyridine rings is 1. The highest BCUT2D eigenvalue weighted by Crippen LogP contribution is 2.23. The Balaban J connectivity index is 2.13. The van der Waals surface area contributed by atoms with Crippen LogP contribution in [0.1, 0.15) is 11.1 Å². The molecule has 7 nitrogen and oxygen atoms in total. The Hall–Kier alpha value is -2.51. The molecule has 1 aromatic heterocycles. The molecule has 0 saturated heterocycles. The molecule has 0 radical (unpaired) electrons. The maximum absolute atomic E-state index is 10.9. The summed E-state index contributed by atoms with van der Waals surface area (Å²) >= 11 is 0. The van der Waals surface area contributed by atoms with Gasteiger partial charge < -0.3 is 5.43 Å². The maximum atomic E-state index is 10.9. The number of nitrogens with one attached hydrogen (secondary N) is 1. The number of rotatable bonds is 6. The lowest BCUT2D eigenvalue weighted by atomic mass is 10.1. The minimum atomic E-state index is -0.410. The Morgan fingerprint density at radius 2 is 2.00 bits per heavy atom. The second-order valence-electron chi connectivity index (χ2n) is 4.77. The summed E-state index contributed by atoms with van der Waals surface area (Å²) in [6.45, 7) is 1.26. The number of hydrazine groups is 1. The molecule has 7 heteroatoms. The van der Waals surface area contributed by atoms with E-state index in [2.05, 4.69) is 15.3 Å². The molecular weight excluding hydrogens is 270 g/mol. The topological polar surface area (TPSA) is 97.3 Å². The van der Waals surface area contributed by atoms with E-state index in [0.717, 1.165) is 17.7 Å². The van der Waals surface area contributed by atoms with Gasteiger partial charge in [-0.15, -0.1) is 0 Å². The van der Waals surface area contributed by atoms with Crippen molar-refractivity contribution in [2.45, 2.75) is 13.1 Å². The fraction of sp³-hybridized carbons (Fsp3) is 0.214. The number of hydrogen-bond acceptors (Lipinski definition) is 6. The van der Waals surface area contributed by atoms with Crippen molar-refractivity contribution in [3.63, 3.8) is 0 Å². The fourth-order valence-electron chi connectivity index (χ4n) is 2.11. The number of non-ortho nitro benzene ring substituents is 1. The van der Waals surface area contributed by atoms with Gasteiger partial charge >= 0.3 is 0 Å². The lowest BCUT2D eigenvalue weighted by Crippen LogP contribution is -2.19. The summed E-state index contributed by atoms with van der Waals surface area (Å²) < 4.78 is 0. The van der Waals surface area contributed by atoms with Gasteiger partial charge in [0, 0.05) is 37.6 Å². The molecule has 2 rings (SSSR count). The van der Waals surface area contributed by atoms with Crippen LogP contribution in [0.3, 0.4) is 0 Å². The van der Waals surface area contributed by atoms with E-state index in [4.69, 9.17) is 5.84 Å². The Kier molecular flexibility index (Phi) is 4.81. The molecule has 3 N–H and O–H groups in total. The van der Waals surface area contributed by atoms with Gasteiger partial charge in [-0.05, 0) is 36.4 Å². The van der Waals surface area contributed by atoms with Crippen LogP contribution >= 0.6 is 0 Å². The molecule has 110 valence electrons. The molecule has 0 aliphatic carbocycles. The van der Waals surface area contributed by atoms with Crippen molar-refractivity contribution in [2.24, 2.45) is 5.84 Å². The zero-order valence-corrected chi connectivity index (χ0v) is 11.7. The molecule has 0 atom stereocenters. The molecule has 0 aliphatic heterocycles. The minimum Gasteiger partial charge on any atom is -0.324 e. The third-order valence-corrected chi connectivity index (χ3v) is 3.10. The number of nitrogens with zero attached hydrogens (tertiary/aromatic N) is 3. The second-order valence-corrected chi connectivity index (χ2v) is 4.77. The van der Waals surface area contributed by atoms with Gasteiger partial charge in [0.05, 0.1) is 10.6 Å². The maximum Gasteiger partial charge on any atom is 0.269 e. The average molecular weight is 287 g/mol. The number of anilines is 1. The number of nitrogens with two attached hydrogens (primary N) is 1. The number of hydrogen-bond donors (Lipinski definition) is 2. The standard InChI is InChI=1S/C14H17N5O2/c1-18(9-11-4-6-16-7-5-11)10-12-8-13(19(20)21)2-3-14(12)17-15/h2-8,17H,9-10,15H2,1H3. The zero-order valence-electron chi connectivity index (χ0n) is 11.7. The first-order valence-electron chi connectivity index (χ1n) is 6.41. The predicted molar refractivity (Wildman–Crippen MR) is 80.3 cm³/mol. The van der Waals surface area contributed by atoms with E-state index in [1.807, 2.05) is 19.2 Å². The third kappa shape index (κ3) is 3.98. The summed E-state index contributed by atoms with van der Waals surface area (Å²) in [5, 5.41) is 10.9. The van der Waals surface area contributed by atoms with Crippen molar-refractivity contribution >= 4 is 11.4 Å². The zero-order chi connectivity index (χ0) is 15.2. The summed E-state index contributed by atoms with van der Waals surface area (Å²) in [6, 6.07) is 8.46. The molecule has 1 aromatic carbocycles. The highest BCUT2D eigenvalue weighted by Gasteiger charge is 2.12. The SMILES string of the molecule is CN(Cc1ccncc1)Cc1cc([N+](=O)[O-])ccc1NN. The summed E-state index contributed by atoms with van der Waals surface area (Å²) in [5.74, 6) is 5.46. The van der Waals surface area contributed by atoms with Crippen LogP contribution in [-0.2, 0) is 13.1 Å².